The SMILES string of the molecule is CC(C)(O)C(C)(C)OBc1cc2sc3ccc4ccccc4c3c2cc1Cl. The van der Waals surface area contributed by atoms with Crippen molar-refractivity contribution >= 4 is 66.8 Å². The van der Waals surface area contributed by atoms with Gasteiger partial charge >= 0.3 is 7.48 Å². The molecule has 0 saturated heterocycles. The number of thiophene rings is 1. The van der Waals surface area contributed by atoms with Crippen LogP contribution in [0.25, 0.3) is 30.9 Å². The van der Waals surface area contributed by atoms with Crippen LogP contribution in [0, 0.1) is 0 Å². The highest BCUT2D eigenvalue weighted by atomic mass is 35.5. The minimum atomic E-state index is -0.944. The van der Waals surface area contributed by atoms with E-state index in [1.54, 1.807) is 25.2 Å². The first kappa shape index (κ1) is 18.8. The molecule has 0 aliphatic heterocycles. The third-order valence-corrected chi connectivity index (χ3v) is 7.06. The molecule has 2 nitrogen and oxygen atoms in total. The van der Waals surface area contributed by atoms with E-state index in [1.165, 1.54) is 30.9 Å². The summed E-state index contributed by atoms with van der Waals surface area (Å²) in [6.07, 6.45) is 0. The Morgan fingerprint density at radius 3 is 2.44 bits per heavy atom. The van der Waals surface area contributed by atoms with E-state index in [0.717, 1.165) is 5.46 Å². The highest BCUT2D eigenvalue weighted by molar-refractivity contribution is 7.26. The Bertz CT molecular complexity index is 1160. The number of aliphatic hydroxyl groups is 1. The van der Waals surface area contributed by atoms with Crippen LogP contribution < -0.4 is 5.46 Å². The topological polar surface area (TPSA) is 29.5 Å². The van der Waals surface area contributed by atoms with E-state index >= 15 is 0 Å². The molecule has 1 heterocycles. The number of hydrogen-bond donors (Lipinski definition) is 1. The maximum absolute atomic E-state index is 10.3. The molecule has 0 atom stereocenters. The molecule has 4 rings (SSSR count). The molecule has 0 bridgehead atoms. The zero-order valence-electron chi connectivity index (χ0n) is 16.0. The summed E-state index contributed by atoms with van der Waals surface area (Å²) in [6, 6.07) is 17.0. The highest BCUT2D eigenvalue weighted by Crippen LogP contribution is 2.39. The quantitative estimate of drug-likeness (QED) is 0.468. The predicted molar refractivity (Wildman–Crippen MR) is 120 cm³/mol. The summed E-state index contributed by atoms with van der Waals surface area (Å²) in [5.74, 6) is 0. The fourth-order valence-corrected chi connectivity index (χ4v) is 4.54. The summed E-state index contributed by atoms with van der Waals surface area (Å²) in [5, 5.41) is 15.9. The van der Waals surface area contributed by atoms with Crippen LogP contribution >= 0.6 is 22.9 Å². The fraction of sp³-hybridized carbons (Fsp3) is 0.273. The molecule has 0 aliphatic carbocycles. The van der Waals surface area contributed by atoms with Crippen molar-refractivity contribution in [1.82, 2.24) is 0 Å². The van der Waals surface area contributed by atoms with Gasteiger partial charge in [-0.1, -0.05) is 41.9 Å². The van der Waals surface area contributed by atoms with Gasteiger partial charge < -0.3 is 9.76 Å². The van der Waals surface area contributed by atoms with Gasteiger partial charge in [-0.2, -0.15) is 0 Å². The summed E-state index contributed by atoms with van der Waals surface area (Å²) < 4.78 is 8.48. The standard InChI is InChI=1S/C22H22BClO2S/c1-21(2,25)22(3,4)26-23-16-12-19-15(11-17(16)24)20-14-8-6-5-7-13(14)9-10-18(20)27-19/h5-12,23,25H,1-4H3. The lowest BCUT2D eigenvalue weighted by Gasteiger charge is -2.37. The van der Waals surface area contributed by atoms with Gasteiger partial charge in [0.2, 0.25) is 0 Å². The first-order valence-corrected chi connectivity index (χ1v) is 10.3. The van der Waals surface area contributed by atoms with E-state index in [0.29, 0.717) is 12.5 Å². The summed E-state index contributed by atoms with van der Waals surface area (Å²) >= 11 is 8.39. The molecule has 1 aromatic heterocycles. The molecule has 27 heavy (non-hydrogen) atoms. The van der Waals surface area contributed by atoms with E-state index < -0.39 is 11.2 Å². The van der Waals surface area contributed by atoms with Crippen molar-refractivity contribution in [3.05, 3.63) is 53.6 Å². The maximum Gasteiger partial charge on any atom is 0.311 e. The second-order valence-corrected chi connectivity index (χ2v) is 9.55. The zero-order valence-corrected chi connectivity index (χ0v) is 17.5. The van der Waals surface area contributed by atoms with Crippen LogP contribution in [0.2, 0.25) is 5.02 Å². The van der Waals surface area contributed by atoms with Gasteiger partial charge in [0.25, 0.3) is 0 Å². The van der Waals surface area contributed by atoms with Crippen LogP contribution in [0.5, 0.6) is 0 Å². The molecule has 0 aliphatic rings. The van der Waals surface area contributed by atoms with Crippen LogP contribution in [0.4, 0.5) is 0 Å². The first-order chi connectivity index (χ1) is 12.7. The van der Waals surface area contributed by atoms with Crippen LogP contribution in [0.1, 0.15) is 27.7 Å². The molecule has 1 N–H and O–H groups in total. The summed E-state index contributed by atoms with van der Waals surface area (Å²) in [5.41, 5.74) is -0.681. The Kier molecular flexibility index (Phi) is 4.51. The zero-order chi connectivity index (χ0) is 19.4. The van der Waals surface area contributed by atoms with Gasteiger partial charge in [-0.15, -0.1) is 11.3 Å². The summed E-state index contributed by atoms with van der Waals surface area (Å²) in [6.45, 7) is 7.31. The molecule has 0 radical (unpaired) electrons. The number of rotatable bonds is 4. The Labute approximate surface area is 169 Å². The highest BCUT2D eigenvalue weighted by Gasteiger charge is 2.35. The molecule has 5 heteroatoms. The first-order valence-electron chi connectivity index (χ1n) is 9.06. The number of benzene rings is 3. The summed E-state index contributed by atoms with van der Waals surface area (Å²) in [7, 11) is 0.362. The van der Waals surface area contributed by atoms with Gasteiger partial charge in [-0.25, -0.2) is 0 Å². The Morgan fingerprint density at radius 2 is 1.70 bits per heavy atom. The van der Waals surface area contributed by atoms with Gasteiger partial charge in [0, 0.05) is 25.2 Å². The van der Waals surface area contributed by atoms with E-state index in [1.807, 2.05) is 13.8 Å². The van der Waals surface area contributed by atoms with Crippen LogP contribution in [-0.4, -0.2) is 23.8 Å². The van der Waals surface area contributed by atoms with Crippen LogP contribution in [0.3, 0.4) is 0 Å². The van der Waals surface area contributed by atoms with E-state index in [2.05, 4.69) is 48.5 Å². The number of halogens is 1. The molecule has 0 unspecified atom stereocenters. The normalized spacial score (nSPS) is 13.0. The molecule has 4 aromatic rings. The molecule has 3 aromatic carbocycles. The molecule has 0 saturated carbocycles. The van der Waals surface area contributed by atoms with Gasteiger partial charge in [-0.05, 0) is 62.1 Å². The lowest BCUT2D eigenvalue weighted by Crippen LogP contribution is -2.49. The average Bonchev–Trinajstić information content (AvgIpc) is 2.96. The van der Waals surface area contributed by atoms with Crippen molar-refractivity contribution in [1.29, 1.82) is 0 Å². The predicted octanol–water partition coefficient (Wildman–Crippen LogP) is 5.40. The Hall–Kier alpha value is -1.59. The van der Waals surface area contributed by atoms with E-state index in [9.17, 15) is 5.11 Å². The third kappa shape index (κ3) is 3.25. The van der Waals surface area contributed by atoms with Gasteiger partial charge in [0.1, 0.15) is 0 Å². The number of hydrogen-bond acceptors (Lipinski definition) is 3. The van der Waals surface area contributed by atoms with Gasteiger partial charge in [-0.3, -0.25) is 0 Å². The van der Waals surface area contributed by atoms with Gasteiger partial charge in [0.15, 0.2) is 0 Å². The van der Waals surface area contributed by atoms with Crippen molar-refractivity contribution in [2.45, 2.75) is 38.9 Å². The van der Waals surface area contributed by atoms with Crippen LogP contribution in [0.15, 0.2) is 48.5 Å². The third-order valence-electron chi connectivity index (χ3n) is 5.59. The summed E-state index contributed by atoms with van der Waals surface area (Å²) in [4.78, 5) is 0. The second kappa shape index (κ2) is 6.49. The minimum absolute atomic E-state index is 0.362. The van der Waals surface area contributed by atoms with Crippen molar-refractivity contribution in [2.24, 2.45) is 0 Å². The molecule has 0 amide bonds. The molecular weight excluding hydrogens is 375 g/mol. The molecular formula is C22H22BClO2S. The molecule has 0 spiro atoms. The maximum atomic E-state index is 10.3. The Balaban J connectivity index is 1.80. The molecule has 138 valence electrons. The smallest absolute Gasteiger partial charge is 0.311 e. The van der Waals surface area contributed by atoms with Crippen molar-refractivity contribution in [2.75, 3.05) is 0 Å². The monoisotopic (exact) mass is 396 g/mol. The average molecular weight is 397 g/mol. The lowest BCUT2D eigenvalue weighted by molar-refractivity contribution is -0.0893. The molecule has 0 fully saturated rings. The Morgan fingerprint density at radius 1 is 0.963 bits per heavy atom. The minimum Gasteiger partial charge on any atom is -0.427 e. The van der Waals surface area contributed by atoms with E-state index in [4.69, 9.17) is 16.3 Å². The largest absolute Gasteiger partial charge is 0.427 e. The van der Waals surface area contributed by atoms with Gasteiger partial charge in [0.05, 0.1) is 11.2 Å². The van der Waals surface area contributed by atoms with E-state index in [-0.39, 0.29) is 0 Å². The van der Waals surface area contributed by atoms with Crippen molar-refractivity contribution in [3.63, 3.8) is 0 Å². The lowest BCUT2D eigenvalue weighted by atomic mass is 9.82. The van der Waals surface area contributed by atoms with Crippen molar-refractivity contribution < 1.29 is 9.76 Å². The van der Waals surface area contributed by atoms with Crippen LogP contribution in [-0.2, 0) is 4.65 Å². The second-order valence-electron chi connectivity index (χ2n) is 8.06. The number of fused-ring (bicyclic) bond motifs is 5. The fourth-order valence-electron chi connectivity index (χ4n) is 3.15. The van der Waals surface area contributed by atoms with Crippen molar-refractivity contribution in [3.8, 4) is 0 Å².